The van der Waals surface area contributed by atoms with Crippen molar-refractivity contribution in [1.29, 1.82) is 0 Å². The van der Waals surface area contributed by atoms with Gasteiger partial charge in [0, 0.05) is 18.3 Å². The molecule has 3 aromatic carbocycles. The fraction of sp³-hybridized carbons (Fsp3) is 0.179. The van der Waals surface area contributed by atoms with E-state index in [1.807, 2.05) is 55.5 Å². The number of aryl methyl sites for hydroxylation is 1. The highest BCUT2D eigenvalue weighted by Crippen LogP contribution is 2.18. The molecule has 0 fully saturated rings. The Morgan fingerprint density at radius 2 is 1.61 bits per heavy atom. The van der Waals surface area contributed by atoms with Crippen molar-refractivity contribution >= 4 is 23.2 Å². The van der Waals surface area contributed by atoms with Crippen molar-refractivity contribution in [2.75, 3.05) is 10.6 Å². The highest BCUT2D eigenvalue weighted by atomic mass is 16.5. The summed E-state index contributed by atoms with van der Waals surface area (Å²) in [5.74, 6) is -0.204. The van der Waals surface area contributed by atoms with Crippen LogP contribution in [-0.2, 0) is 11.8 Å². The van der Waals surface area contributed by atoms with E-state index in [-0.39, 0.29) is 17.2 Å². The van der Waals surface area contributed by atoms with E-state index in [0.29, 0.717) is 28.4 Å². The van der Waals surface area contributed by atoms with Gasteiger partial charge in [-0.15, -0.1) is 0 Å². The number of rotatable bonds is 7. The van der Waals surface area contributed by atoms with Gasteiger partial charge in [0.1, 0.15) is 11.4 Å². The van der Waals surface area contributed by atoms with Gasteiger partial charge in [-0.1, -0.05) is 36.4 Å². The van der Waals surface area contributed by atoms with Gasteiger partial charge in [0.05, 0.1) is 11.4 Å². The van der Waals surface area contributed by atoms with E-state index in [1.165, 1.54) is 4.68 Å². The Balaban J connectivity index is 1.48. The molecule has 0 aliphatic rings. The molecule has 4 aromatic rings. The fourth-order valence-electron chi connectivity index (χ4n) is 3.83. The molecule has 4 rings (SSSR count). The molecule has 1 unspecified atom stereocenters. The van der Waals surface area contributed by atoms with Gasteiger partial charge >= 0.3 is 0 Å². The van der Waals surface area contributed by atoms with Gasteiger partial charge in [-0.25, -0.2) is 4.68 Å². The lowest BCUT2D eigenvalue weighted by molar-refractivity contribution is -0.122. The number of aromatic nitrogens is 2. The van der Waals surface area contributed by atoms with Crippen molar-refractivity contribution in [2.45, 2.75) is 26.9 Å². The molecule has 8 heteroatoms. The van der Waals surface area contributed by atoms with Crippen molar-refractivity contribution in [3.8, 4) is 11.4 Å². The van der Waals surface area contributed by atoms with E-state index in [2.05, 4.69) is 10.6 Å². The Morgan fingerprint density at radius 3 is 2.33 bits per heavy atom. The molecule has 36 heavy (non-hydrogen) atoms. The molecule has 1 aromatic heterocycles. The molecule has 0 spiro atoms. The van der Waals surface area contributed by atoms with E-state index in [1.54, 1.807) is 55.9 Å². The van der Waals surface area contributed by atoms with Gasteiger partial charge in [-0.3, -0.25) is 19.1 Å². The predicted molar refractivity (Wildman–Crippen MR) is 140 cm³/mol. The van der Waals surface area contributed by atoms with Crippen LogP contribution in [0.5, 0.6) is 5.75 Å². The lowest BCUT2D eigenvalue weighted by Crippen LogP contribution is -2.30. The minimum Gasteiger partial charge on any atom is -0.481 e. The number of ether oxygens (including phenoxy) is 1. The molecule has 1 heterocycles. The van der Waals surface area contributed by atoms with Gasteiger partial charge in [-0.2, -0.15) is 0 Å². The lowest BCUT2D eigenvalue weighted by Gasteiger charge is -2.15. The smallest absolute Gasteiger partial charge is 0.295 e. The normalized spacial score (nSPS) is 11.6. The summed E-state index contributed by atoms with van der Waals surface area (Å²) in [6, 6.07) is 23.2. The van der Waals surface area contributed by atoms with Crippen LogP contribution < -0.4 is 20.9 Å². The zero-order chi connectivity index (χ0) is 25.8. The van der Waals surface area contributed by atoms with Gasteiger partial charge < -0.3 is 15.4 Å². The summed E-state index contributed by atoms with van der Waals surface area (Å²) in [5.41, 5.74) is 2.95. The molecule has 0 saturated carbocycles. The molecule has 184 valence electrons. The monoisotopic (exact) mass is 484 g/mol. The average molecular weight is 485 g/mol. The quantitative estimate of drug-likeness (QED) is 0.405. The van der Waals surface area contributed by atoms with Crippen molar-refractivity contribution in [3.05, 3.63) is 106 Å². The summed E-state index contributed by atoms with van der Waals surface area (Å²) in [6.45, 7) is 5.37. The van der Waals surface area contributed by atoms with Crippen LogP contribution in [0.25, 0.3) is 5.69 Å². The van der Waals surface area contributed by atoms with E-state index >= 15 is 0 Å². The van der Waals surface area contributed by atoms with Crippen LogP contribution in [0.2, 0.25) is 0 Å². The maximum Gasteiger partial charge on any atom is 0.295 e. The lowest BCUT2D eigenvalue weighted by atomic mass is 10.1. The third kappa shape index (κ3) is 5.22. The highest BCUT2D eigenvalue weighted by Gasteiger charge is 2.20. The van der Waals surface area contributed by atoms with Crippen LogP contribution in [0.15, 0.2) is 83.7 Å². The second-order valence-corrected chi connectivity index (χ2v) is 8.54. The zero-order valence-electron chi connectivity index (χ0n) is 20.6. The van der Waals surface area contributed by atoms with Crippen LogP contribution >= 0.6 is 0 Å². The molecule has 8 nitrogen and oxygen atoms in total. The number of hydrogen-bond donors (Lipinski definition) is 2. The van der Waals surface area contributed by atoms with E-state index in [4.69, 9.17) is 4.74 Å². The molecule has 0 aliphatic heterocycles. The number of nitrogens with one attached hydrogen (secondary N) is 2. The average Bonchev–Trinajstić information content (AvgIpc) is 3.07. The maximum absolute atomic E-state index is 13.1. The first kappa shape index (κ1) is 24.5. The Hall–Kier alpha value is -4.59. The van der Waals surface area contributed by atoms with Gasteiger partial charge in [0.2, 0.25) is 0 Å². The number of nitrogens with zero attached hydrogens (tertiary/aromatic N) is 2. The first-order valence-electron chi connectivity index (χ1n) is 11.5. The van der Waals surface area contributed by atoms with Crippen LogP contribution in [0.1, 0.15) is 28.5 Å². The van der Waals surface area contributed by atoms with Gasteiger partial charge in [0.25, 0.3) is 17.4 Å². The number of amides is 2. The van der Waals surface area contributed by atoms with Crippen molar-refractivity contribution in [1.82, 2.24) is 9.36 Å². The second-order valence-electron chi connectivity index (χ2n) is 8.54. The van der Waals surface area contributed by atoms with Gasteiger partial charge in [0.15, 0.2) is 6.10 Å². The van der Waals surface area contributed by atoms with Crippen molar-refractivity contribution in [3.63, 3.8) is 0 Å². The molecule has 1 atom stereocenters. The minimum atomic E-state index is -0.743. The van der Waals surface area contributed by atoms with E-state index in [0.717, 1.165) is 5.56 Å². The second kappa shape index (κ2) is 10.4. The fourth-order valence-corrected chi connectivity index (χ4v) is 3.83. The topological polar surface area (TPSA) is 94.4 Å². The Labute approximate surface area is 209 Å². The molecule has 2 N–H and O–H groups in total. The first-order chi connectivity index (χ1) is 17.2. The Bertz CT molecular complexity index is 1470. The van der Waals surface area contributed by atoms with Crippen molar-refractivity contribution in [2.24, 2.45) is 7.05 Å². The predicted octanol–water partition coefficient (Wildman–Crippen LogP) is 4.45. The SMILES string of the molecule is Cc1cccc(OC(C)C(=O)Nc2cccc(C(=O)Nc3c(C)n(C)n(-c4ccccc4)c3=O)c2)c1. The minimum absolute atomic E-state index is 0.195. The Kier molecular flexibility index (Phi) is 7.05. The molecular formula is C28H28N4O4. The van der Waals surface area contributed by atoms with E-state index in [9.17, 15) is 14.4 Å². The third-order valence-corrected chi connectivity index (χ3v) is 5.86. The van der Waals surface area contributed by atoms with Crippen LogP contribution in [-0.4, -0.2) is 27.3 Å². The molecule has 2 amide bonds. The molecule has 0 saturated heterocycles. The summed E-state index contributed by atoms with van der Waals surface area (Å²) < 4.78 is 8.92. The number of para-hydroxylation sites is 1. The summed E-state index contributed by atoms with van der Waals surface area (Å²) >= 11 is 0. The zero-order valence-corrected chi connectivity index (χ0v) is 20.6. The van der Waals surface area contributed by atoms with Gasteiger partial charge in [-0.05, 0) is 68.8 Å². The third-order valence-electron chi connectivity index (χ3n) is 5.86. The number of benzene rings is 3. The molecule has 0 aliphatic carbocycles. The summed E-state index contributed by atoms with van der Waals surface area (Å²) in [4.78, 5) is 38.8. The summed E-state index contributed by atoms with van der Waals surface area (Å²) in [7, 11) is 1.76. The highest BCUT2D eigenvalue weighted by molar-refractivity contribution is 6.05. The number of carbonyl (C=O) groups is 2. The number of hydrogen-bond acceptors (Lipinski definition) is 4. The molecule has 0 bridgehead atoms. The van der Waals surface area contributed by atoms with Crippen LogP contribution in [0, 0.1) is 13.8 Å². The Morgan fingerprint density at radius 1 is 0.889 bits per heavy atom. The molecular weight excluding hydrogens is 456 g/mol. The van der Waals surface area contributed by atoms with Crippen molar-refractivity contribution < 1.29 is 14.3 Å². The van der Waals surface area contributed by atoms with E-state index < -0.39 is 12.0 Å². The first-order valence-corrected chi connectivity index (χ1v) is 11.5. The van der Waals surface area contributed by atoms with Crippen LogP contribution in [0.3, 0.4) is 0 Å². The largest absolute Gasteiger partial charge is 0.481 e. The maximum atomic E-state index is 13.1. The summed E-state index contributed by atoms with van der Waals surface area (Å²) in [6.07, 6.45) is -0.743. The standard InChI is InChI=1S/C28H28N4O4/c1-18-10-8-15-24(16-18)36-20(3)26(33)29-22-12-9-11-21(17-22)27(34)30-25-19(2)31(4)32(28(25)35)23-13-6-5-7-14-23/h5-17,20H,1-4H3,(H,29,33)(H,30,34). The number of anilines is 2. The summed E-state index contributed by atoms with van der Waals surface area (Å²) in [5, 5.41) is 5.52. The number of carbonyl (C=O) groups excluding carboxylic acids is 2. The molecule has 0 radical (unpaired) electrons. The van der Waals surface area contributed by atoms with Crippen LogP contribution in [0.4, 0.5) is 11.4 Å².